The molecule has 0 spiro atoms. The van der Waals surface area contributed by atoms with Crippen LogP contribution in [-0.4, -0.2) is 35.0 Å². The summed E-state index contributed by atoms with van der Waals surface area (Å²) in [5.74, 6) is -1.44. The van der Waals surface area contributed by atoms with E-state index in [0.29, 0.717) is 13.0 Å². The number of carbonyl (C=O) groups is 2. The first-order valence-corrected chi connectivity index (χ1v) is 6.91. The molecule has 4 heteroatoms. The number of carboxylic acids is 1. The van der Waals surface area contributed by atoms with E-state index in [1.165, 1.54) is 5.56 Å². The Kier molecular flexibility index (Phi) is 5.74. The summed E-state index contributed by atoms with van der Waals surface area (Å²) in [6.45, 7) is 8.33. The highest BCUT2D eigenvalue weighted by Gasteiger charge is 2.19. The molecule has 0 radical (unpaired) electrons. The first-order valence-electron chi connectivity index (χ1n) is 6.91. The highest BCUT2D eigenvalue weighted by Crippen LogP contribution is 2.12. The molecule has 0 heterocycles. The van der Waals surface area contributed by atoms with Crippen LogP contribution in [-0.2, 0) is 16.0 Å². The second kappa shape index (κ2) is 7.08. The molecule has 1 aromatic rings. The first kappa shape index (κ1) is 16.2. The van der Waals surface area contributed by atoms with Gasteiger partial charge < -0.3 is 10.0 Å². The highest BCUT2D eigenvalue weighted by molar-refractivity contribution is 5.79. The number of amides is 1. The van der Waals surface area contributed by atoms with Crippen LogP contribution in [0.5, 0.6) is 0 Å². The van der Waals surface area contributed by atoms with Crippen molar-refractivity contribution in [2.75, 3.05) is 13.1 Å². The number of likely N-dealkylation sites (N-methyl/N-ethyl adjacent to an activating group) is 1. The summed E-state index contributed by atoms with van der Waals surface area (Å²) in [5.41, 5.74) is 3.34. The third kappa shape index (κ3) is 4.37. The van der Waals surface area contributed by atoms with Gasteiger partial charge in [-0.25, -0.2) is 0 Å². The fraction of sp³-hybridized carbons (Fsp3) is 0.500. The Morgan fingerprint density at radius 3 is 2.40 bits per heavy atom. The first-order chi connectivity index (χ1) is 9.35. The third-order valence-corrected chi connectivity index (χ3v) is 3.58. The molecule has 20 heavy (non-hydrogen) atoms. The van der Waals surface area contributed by atoms with Gasteiger partial charge in [0.25, 0.3) is 0 Å². The molecule has 0 saturated carbocycles. The van der Waals surface area contributed by atoms with Crippen LogP contribution in [0.2, 0.25) is 0 Å². The summed E-state index contributed by atoms with van der Waals surface area (Å²) in [5, 5.41) is 8.93. The number of aryl methyl sites for hydroxylation is 2. The third-order valence-electron chi connectivity index (χ3n) is 3.58. The van der Waals surface area contributed by atoms with E-state index in [4.69, 9.17) is 5.11 Å². The second-order valence-electron chi connectivity index (χ2n) is 5.27. The summed E-state index contributed by atoms with van der Waals surface area (Å²) in [6.07, 6.45) is 0.321. The molecule has 1 amide bonds. The van der Waals surface area contributed by atoms with Crippen LogP contribution in [0.1, 0.15) is 30.5 Å². The maximum absolute atomic E-state index is 12.2. The minimum Gasteiger partial charge on any atom is -0.481 e. The van der Waals surface area contributed by atoms with Gasteiger partial charge >= 0.3 is 5.97 Å². The predicted octanol–water partition coefficient (Wildman–Crippen LogP) is 2.42. The standard InChI is InChI=1S/C16H23NO3/c1-5-17(10-13(4)16(19)20)15(18)9-14-7-6-11(2)12(3)8-14/h6-8,13H,5,9-10H2,1-4H3,(H,19,20). The Balaban J connectivity index is 2.72. The zero-order chi connectivity index (χ0) is 15.3. The molecule has 0 aliphatic heterocycles. The van der Waals surface area contributed by atoms with Gasteiger partial charge in [0.15, 0.2) is 0 Å². The lowest BCUT2D eigenvalue weighted by atomic mass is 10.0. The number of aliphatic carboxylic acids is 1. The van der Waals surface area contributed by atoms with E-state index < -0.39 is 11.9 Å². The largest absolute Gasteiger partial charge is 0.481 e. The smallest absolute Gasteiger partial charge is 0.308 e. The molecule has 1 unspecified atom stereocenters. The van der Waals surface area contributed by atoms with Crippen molar-refractivity contribution in [3.63, 3.8) is 0 Å². The molecule has 0 fully saturated rings. The molecule has 1 N–H and O–H groups in total. The Morgan fingerprint density at radius 1 is 1.25 bits per heavy atom. The molecule has 0 aliphatic rings. The number of benzene rings is 1. The number of hydrogen-bond acceptors (Lipinski definition) is 2. The van der Waals surface area contributed by atoms with Crippen LogP contribution >= 0.6 is 0 Å². The molecule has 1 aromatic carbocycles. The molecule has 0 bridgehead atoms. The van der Waals surface area contributed by atoms with Crippen LogP contribution < -0.4 is 0 Å². The maximum Gasteiger partial charge on any atom is 0.308 e. The van der Waals surface area contributed by atoms with Gasteiger partial charge in [-0.2, -0.15) is 0 Å². The summed E-state index contributed by atoms with van der Waals surface area (Å²) < 4.78 is 0. The topological polar surface area (TPSA) is 57.6 Å². The van der Waals surface area contributed by atoms with Gasteiger partial charge in [-0.1, -0.05) is 25.1 Å². The lowest BCUT2D eigenvalue weighted by molar-refractivity contribution is -0.142. The molecule has 1 atom stereocenters. The Morgan fingerprint density at radius 2 is 1.90 bits per heavy atom. The van der Waals surface area contributed by atoms with E-state index in [2.05, 4.69) is 0 Å². The van der Waals surface area contributed by atoms with Crippen LogP contribution in [0.4, 0.5) is 0 Å². The van der Waals surface area contributed by atoms with Gasteiger partial charge in [-0.15, -0.1) is 0 Å². The SMILES string of the molecule is CCN(CC(C)C(=O)O)C(=O)Cc1ccc(C)c(C)c1. The molecular formula is C16H23NO3. The Bertz CT molecular complexity index is 496. The average Bonchev–Trinajstić information content (AvgIpc) is 2.39. The van der Waals surface area contributed by atoms with Crippen LogP contribution in [0.3, 0.4) is 0 Å². The molecule has 1 rings (SSSR count). The zero-order valence-electron chi connectivity index (χ0n) is 12.6. The lowest BCUT2D eigenvalue weighted by Crippen LogP contribution is -2.37. The molecule has 0 aromatic heterocycles. The molecule has 110 valence electrons. The fourth-order valence-corrected chi connectivity index (χ4v) is 2.02. The van der Waals surface area contributed by atoms with Crippen LogP contribution in [0, 0.1) is 19.8 Å². The van der Waals surface area contributed by atoms with E-state index in [1.807, 2.05) is 39.0 Å². The second-order valence-corrected chi connectivity index (χ2v) is 5.27. The number of carbonyl (C=O) groups excluding carboxylic acids is 1. The summed E-state index contributed by atoms with van der Waals surface area (Å²) >= 11 is 0. The van der Waals surface area contributed by atoms with Crippen molar-refractivity contribution >= 4 is 11.9 Å². The fourth-order valence-electron chi connectivity index (χ4n) is 2.02. The van der Waals surface area contributed by atoms with Gasteiger partial charge in [-0.05, 0) is 37.5 Å². The quantitative estimate of drug-likeness (QED) is 0.868. The van der Waals surface area contributed by atoms with Crippen LogP contribution in [0.15, 0.2) is 18.2 Å². The van der Waals surface area contributed by atoms with Gasteiger partial charge in [0.05, 0.1) is 12.3 Å². The van der Waals surface area contributed by atoms with Crippen molar-refractivity contribution in [3.05, 3.63) is 34.9 Å². The van der Waals surface area contributed by atoms with Crippen molar-refractivity contribution in [2.45, 2.75) is 34.1 Å². The minimum atomic E-state index is -0.873. The van der Waals surface area contributed by atoms with Crippen LogP contribution in [0.25, 0.3) is 0 Å². The highest BCUT2D eigenvalue weighted by atomic mass is 16.4. The van der Waals surface area contributed by atoms with Crippen molar-refractivity contribution < 1.29 is 14.7 Å². The predicted molar refractivity (Wildman–Crippen MR) is 78.7 cm³/mol. The number of rotatable bonds is 6. The van der Waals surface area contributed by atoms with E-state index >= 15 is 0 Å². The Hall–Kier alpha value is -1.84. The monoisotopic (exact) mass is 277 g/mol. The lowest BCUT2D eigenvalue weighted by Gasteiger charge is -2.23. The van der Waals surface area contributed by atoms with Gasteiger partial charge in [0, 0.05) is 13.1 Å². The molecule has 4 nitrogen and oxygen atoms in total. The van der Waals surface area contributed by atoms with Crippen molar-refractivity contribution in [1.29, 1.82) is 0 Å². The number of carboxylic acid groups (broad SMARTS) is 1. The van der Waals surface area contributed by atoms with Crippen molar-refractivity contribution in [3.8, 4) is 0 Å². The van der Waals surface area contributed by atoms with Crippen molar-refractivity contribution in [1.82, 2.24) is 4.90 Å². The van der Waals surface area contributed by atoms with Gasteiger partial charge in [0.2, 0.25) is 5.91 Å². The summed E-state index contributed by atoms with van der Waals surface area (Å²) in [6, 6.07) is 5.98. The van der Waals surface area contributed by atoms with E-state index in [9.17, 15) is 9.59 Å². The number of nitrogens with zero attached hydrogens (tertiary/aromatic N) is 1. The minimum absolute atomic E-state index is 0.0242. The molecule has 0 aliphatic carbocycles. The maximum atomic E-state index is 12.2. The summed E-state index contributed by atoms with van der Waals surface area (Å²) in [7, 11) is 0. The molecular weight excluding hydrogens is 254 g/mol. The van der Waals surface area contributed by atoms with E-state index in [-0.39, 0.29) is 12.5 Å². The van der Waals surface area contributed by atoms with Crippen molar-refractivity contribution in [2.24, 2.45) is 5.92 Å². The average molecular weight is 277 g/mol. The molecule has 0 saturated heterocycles. The van der Waals surface area contributed by atoms with E-state index in [1.54, 1.807) is 11.8 Å². The van der Waals surface area contributed by atoms with Gasteiger partial charge in [-0.3, -0.25) is 9.59 Å². The zero-order valence-corrected chi connectivity index (χ0v) is 12.6. The van der Waals surface area contributed by atoms with Gasteiger partial charge in [0.1, 0.15) is 0 Å². The van der Waals surface area contributed by atoms with E-state index in [0.717, 1.165) is 11.1 Å². The normalized spacial score (nSPS) is 12.0. The summed E-state index contributed by atoms with van der Waals surface area (Å²) in [4.78, 5) is 24.7. The Labute approximate surface area is 120 Å². The number of hydrogen-bond donors (Lipinski definition) is 1.